The Morgan fingerprint density at radius 2 is 2.19 bits per heavy atom. The molecule has 2 nitrogen and oxygen atoms in total. The Bertz CT molecular complexity index is 366. The molecule has 1 rings (SSSR count). The summed E-state index contributed by atoms with van der Waals surface area (Å²) in [6, 6.07) is 6.19. The number of halogens is 1. The van der Waals surface area contributed by atoms with Crippen LogP contribution in [-0.2, 0) is 10.8 Å². The van der Waals surface area contributed by atoms with Crippen molar-refractivity contribution in [2.45, 2.75) is 36.5 Å². The fraction of sp³-hybridized carbons (Fsp3) is 0.500. The maximum atomic E-state index is 13.0. The summed E-state index contributed by atoms with van der Waals surface area (Å²) in [6.45, 7) is 3.96. The summed E-state index contributed by atoms with van der Waals surface area (Å²) >= 11 is 0. The summed E-state index contributed by atoms with van der Waals surface area (Å²) in [5.74, 6) is -0.337. The molecule has 1 N–H and O–H groups in total. The van der Waals surface area contributed by atoms with Gasteiger partial charge in [0, 0.05) is 10.9 Å². The minimum atomic E-state index is -1.17. The fourth-order valence-electron chi connectivity index (χ4n) is 1.73. The molecule has 1 aromatic rings. The zero-order valence-electron chi connectivity index (χ0n) is 9.87. The highest BCUT2D eigenvalue weighted by Crippen LogP contribution is 2.16. The molecule has 0 bridgehead atoms. The van der Waals surface area contributed by atoms with Gasteiger partial charge in [0.15, 0.2) is 0 Å². The van der Waals surface area contributed by atoms with Gasteiger partial charge in [-0.2, -0.15) is 0 Å². The average Bonchev–Trinajstić information content (AvgIpc) is 2.29. The quantitative estimate of drug-likeness (QED) is 0.860. The van der Waals surface area contributed by atoms with Crippen molar-refractivity contribution in [3.63, 3.8) is 0 Å². The van der Waals surface area contributed by atoms with E-state index < -0.39 is 10.8 Å². The van der Waals surface area contributed by atoms with E-state index in [0.29, 0.717) is 4.90 Å². The molecule has 0 saturated heterocycles. The highest BCUT2D eigenvalue weighted by atomic mass is 32.2. The van der Waals surface area contributed by atoms with Crippen LogP contribution in [0.2, 0.25) is 0 Å². The van der Waals surface area contributed by atoms with Crippen molar-refractivity contribution in [2.75, 3.05) is 7.05 Å². The van der Waals surface area contributed by atoms with E-state index in [1.165, 1.54) is 12.1 Å². The van der Waals surface area contributed by atoms with Crippen molar-refractivity contribution in [2.24, 2.45) is 0 Å². The van der Waals surface area contributed by atoms with Crippen LogP contribution in [0.1, 0.15) is 20.3 Å². The topological polar surface area (TPSA) is 29.1 Å². The van der Waals surface area contributed by atoms with Crippen molar-refractivity contribution >= 4 is 10.8 Å². The zero-order valence-corrected chi connectivity index (χ0v) is 10.7. The van der Waals surface area contributed by atoms with Crippen LogP contribution in [0, 0.1) is 5.82 Å². The Labute approximate surface area is 98.7 Å². The number of benzene rings is 1. The summed E-state index contributed by atoms with van der Waals surface area (Å²) in [7, 11) is 0.684. The molecule has 0 aliphatic heterocycles. The summed E-state index contributed by atoms with van der Waals surface area (Å²) < 4.78 is 25.2. The van der Waals surface area contributed by atoms with Crippen LogP contribution in [0.25, 0.3) is 0 Å². The first kappa shape index (κ1) is 13.3. The van der Waals surface area contributed by atoms with Crippen molar-refractivity contribution < 1.29 is 8.60 Å². The molecule has 4 heteroatoms. The highest BCUT2D eigenvalue weighted by Gasteiger charge is 2.21. The van der Waals surface area contributed by atoms with Gasteiger partial charge in [0.25, 0.3) is 0 Å². The van der Waals surface area contributed by atoms with Gasteiger partial charge in [-0.05, 0) is 38.6 Å². The van der Waals surface area contributed by atoms with Gasteiger partial charge in [-0.1, -0.05) is 13.0 Å². The zero-order chi connectivity index (χ0) is 12.1. The molecule has 0 heterocycles. The summed E-state index contributed by atoms with van der Waals surface area (Å²) in [4.78, 5) is 0.557. The second-order valence-electron chi connectivity index (χ2n) is 3.76. The lowest BCUT2D eigenvalue weighted by molar-refractivity contribution is 0.529. The molecule has 3 unspecified atom stereocenters. The van der Waals surface area contributed by atoms with Gasteiger partial charge in [-0.25, -0.2) is 4.39 Å². The maximum absolute atomic E-state index is 13.0. The molecule has 3 atom stereocenters. The molecule has 0 radical (unpaired) electrons. The second-order valence-corrected chi connectivity index (χ2v) is 5.57. The smallest absolute Gasteiger partial charge is 0.124 e. The van der Waals surface area contributed by atoms with Crippen molar-refractivity contribution in [3.8, 4) is 0 Å². The molecule has 0 aliphatic carbocycles. The SMILES string of the molecule is CCC(NC)C(C)S(=O)c1cccc(F)c1. The molecule has 0 fully saturated rings. The summed E-state index contributed by atoms with van der Waals surface area (Å²) in [6.07, 6.45) is 0.902. The molecule has 0 saturated carbocycles. The average molecular weight is 243 g/mol. The molecular formula is C12H18FNOS. The highest BCUT2D eigenvalue weighted by molar-refractivity contribution is 7.85. The Hall–Kier alpha value is -0.740. The van der Waals surface area contributed by atoms with Gasteiger partial charge in [-0.3, -0.25) is 4.21 Å². The van der Waals surface area contributed by atoms with Gasteiger partial charge in [0.05, 0.1) is 16.0 Å². The monoisotopic (exact) mass is 243 g/mol. The molecular weight excluding hydrogens is 225 g/mol. The molecule has 16 heavy (non-hydrogen) atoms. The maximum Gasteiger partial charge on any atom is 0.124 e. The van der Waals surface area contributed by atoms with Crippen molar-refractivity contribution in [1.29, 1.82) is 0 Å². The van der Waals surface area contributed by atoms with Crippen molar-refractivity contribution in [3.05, 3.63) is 30.1 Å². The van der Waals surface area contributed by atoms with Crippen LogP contribution < -0.4 is 5.32 Å². The van der Waals surface area contributed by atoms with Gasteiger partial charge in [-0.15, -0.1) is 0 Å². The largest absolute Gasteiger partial charge is 0.316 e. The lowest BCUT2D eigenvalue weighted by Gasteiger charge is -2.21. The van der Waals surface area contributed by atoms with Crippen LogP contribution in [0.5, 0.6) is 0 Å². The van der Waals surface area contributed by atoms with Gasteiger partial charge >= 0.3 is 0 Å². The second kappa shape index (κ2) is 6.11. The minimum Gasteiger partial charge on any atom is -0.316 e. The Morgan fingerprint density at radius 3 is 2.69 bits per heavy atom. The van der Waals surface area contributed by atoms with E-state index in [2.05, 4.69) is 5.32 Å². The lowest BCUT2D eigenvalue weighted by Crippen LogP contribution is -2.37. The van der Waals surface area contributed by atoms with E-state index >= 15 is 0 Å². The lowest BCUT2D eigenvalue weighted by atomic mass is 10.2. The van der Waals surface area contributed by atoms with E-state index in [-0.39, 0.29) is 17.1 Å². The normalized spacial score (nSPS) is 16.8. The molecule has 0 aromatic heterocycles. The summed E-state index contributed by atoms with van der Waals surface area (Å²) in [5, 5.41) is 3.10. The number of hydrogen-bond donors (Lipinski definition) is 1. The predicted molar refractivity (Wildman–Crippen MR) is 65.4 cm³/mol. The molecule has 0 aliphatic rings. The first-order chi connectivity index (χ1) is 7.60. The Kier molecular flexibility index (Phi) is 5.09. The van der Waals surface area contributed by atoms with Gasteiger partial charge < -0.3 is 5.32 Å². The Balaban J connectivity index is 2.85. The van der Waals surface area contributed by atoms with Crippen LogP contribution in [-0.4, -0.2) is 22.5 Å². The molecule has 90 valence electrons. The number of nitrogens with one attached hydrogen (secondary N) is 1. The summed E-state index contributed by atoms with van der Waals surface area (Å²) in [5.41, 5.74) is 0. The fourth-order valence-corrected chi connectivity index (χ4v) is 3.22. The third-order valence-corrected chi connectivity index (χ3v) is 4.47. The predicted octanol–water partition coefficient (Wildman–Crippen LogP) is 2.32. The van der Waals surface area contributed by atoms with Crippen LogP contribution in [0.4, 0.5) is 4.39 Å². The van der Waals surface area contributed by atoms with Crippen LogP contribution >= 0.6 is 0 Å². The van der Waals surface area contributed by atoms with Crippen LogP contribution in [0.15, 0.2) is 29.2 Å². The molecule has 0 spiro atoms. The first-order valence-corrected chi connectivity index (χ1v) is 6.64. The van der Waals surface area contributed by atoms with Gasteiger partial charge in [0.2, 0.25) is 0 Å². The van der Waals surface area contributed by atoms with E-state index in [4.69, 9.17) is 0 Å². The third kappa shape index (κ3) is 3.12. The number of rotatable bonds is 5. The third-order valence-electron chi connectivity index (χ3n) is 2.74. The van der Waals surface area contributed by atoms with E-state index in [9.17, 15) is 8.60 Å². The van der Waals surface area contributed by atoms with E-state index in [0.717, 1.165) is 6.42 Å². The number of hydrogen-bond acceptors (Lipinski definition) is 2. The van der Waals surface area contributed by atoms with Crippen LogP contribution in [0.3, 0.4) is 0 Å². The van der Waals surface area contributed by atoms with E-state index in [1.54, 1.807) is 12.1 Å². The molecule has 0 amide bonds. The van der Waals surface area contributed by atoms with E-state index in [1.807, 2.05) is 20.9 Å². The first-order valence-electron chi connectivity index (χ1n) is 5.43. The standard InChI is InChI=1S/C12H18FNOS/c1-4-12(14-3)9(2)16(15)11-7-5-6-10(13)8-11/h5-9,12,14H,4H2,1-3H3. The minimum absolute atomic E-state index is 0.0307. The Morgan fingerprint density at radius 1 is 1.50 bits per heavy atom. The molecule has 1 aromatic carbocycles. The van der Waals surface area contributed by atoms with Crippen molar-refractivity contribution in [1.82, 2.24) is 5.32 Å². The van der Waals surface area contributed by atoms with Gasteiger partial charge in [0.1, 0.15) is 5.82 Å².